The average Bonchev–Trinajstić information content (AvgIpc) is 2.64. The molecule has 0 aliphatic heterocycles. The number of carbonyl (C=O) groups is 1. The first-order valence-corrected chi connectivity index (χ1v) is 11.5. The molecule has 0 saturated carbocycles. The Morgan fingerprint density at radius 2 is 1.55 bits per heavy atom. The predicted molar refractivity (Wildman–Crippen MR) is 119 cm³/mol. The number of nitrogens with zero attached hydrogens (tertiary/aromatic N) is 1. The third-order valence-corrected chi connectivity index (χ3v) is 6.82. The first kappa shape index (κ1) is 23.5. The number of hydrogen-bond acceptors (Lipinski definition) is 3. The molecule has 8 heteroatoms. The molecule has 0 heterocycles. The van der Waals surface area contributed by atoms with Gasteiger partial charge in [-0.15, -0.1) is 0 Å². The van der Waals surface area contributed by atoms with Gasteiger partial charge < -0.3 is 5.32 Å². The molecule has 0 saturated heterocycles. The van der Waals surface area contributed by atoms with Crippen molar-refractivity contribution in [2.75, 3.05) is 10.8 Å². The van der Waals surface area contributed by atoms with E-state index in [1.165, 1.54) is 30.3 Å². The fourth-order valence-electron chi connectivity index (χ4n) is 3.15. The number of hydrogen-bond donors (Lipinski definition) is 1. The van der Waals surface area contributed by atoms with Crippen LogP contribution in [-0.2, 0) is 14.8 Å². The Balaban J connectivity index is 2.41. The van der Waals surface area contributed by atoms with E-state index in [-0.39, 0.29) is 35.2 Å². The summed E-state index contributed by atoms with van der Waals surface area (Å²) < 4.78 is 27.7. The number of benzene rings is 2. The van der Waals surface area contributed by atoms with Gasteiger partial charge in [0, 0.05) is 16.1 Å². The molecule has 2 rings (SSSR count). The van der Waals surface area contributed by atoms with Crippen LogP contribution in [0, 0.1) is 11.8 Å². The molecule has 2 aromatic rings. The molecule has 1 N–H and O–H groups in total. The van der Waals surface area contributed by atoms with Crippen LogP contribution in [0.25, 0.3) is 0 Å². The van der Waals surface area contributed by atoms with Crippen molar-refractivity contribution in [1.29, 1.82) is 0 Å². The highest BCUT2D eigenvalue weighted by Crippen LogP contribution is 2.27. The second kappa shape index (κ2) is 9.83. The zero-order chi connectivity index (χ0) is 21.8. The van der Waals surface area contributed by atoms with Gasteiger partial charge in [-0.3, -0.25) is 9.10 Å². The van der Waals surface area contributed by atoms with Gasteiger partial charge in [0.1, 0.15) is 6.54 Å². The largest absolute Gasteiger partial charge is 0.351 e. The molecule has 5 nitrogen and oxygen atoms in total. The van der Waals surface area contributed by atoms with Crippen LogP contribution in [0.2, 0.25) is 10.0 Å². The molecule has 0 aromatic heterocycles. The normalized spacial score (nSPS) is 11.9. The lowest BCUT2D eigenvalue weighted by molar-refractivity contribution is -0.121. The second-order valence-electron chi connectivity index (χ2n) is 7.53. The molecular formula is C21H26Cl2N2O3S. The maximum Gasteiger partial charge on any atom is 0.264 e. The molecule has 0 aliphatic rings. The minimum absolute atomic E-state index is 0.0407. The molecule has 0 radical (unpaired) electrons. The van der Waals surface area contributed by atoms with E-state index in [2.05, 4.69) is 5.32 Å². The number of amides is 1. The van der Waals surface area contributed by atoms with Crippen molar-refractivity contribution in [3.8, 4) is 0 Å². The Hall–Kier alpha value is -1.76. The van der Waals surface area contributed by atoms with Crippen LogP contribution >= 0.6 is 23.2 Å². The summed E-state index contributed by atoms with van der Waals surface area (Å²) in [5.41, 5.74) is 0.313. The second-order valence-corrected chi connectivity index (χ2v) is 10.3. The van der Waals surface area contributed by atoms with E-state index >= 15 is 0 Å². The maximum absolute atomic E-state index is 13.3. The van der Waals surface area contributed by atoms with Crippen LogP contribution in [0.4, 0.5) is 5.69 Å². The van der Waals surface area contributed by atoms with Gasteiger partial charge in [-0.25, -0.2) is 8.42 Å². The van der Waals surface area contributed by atoms with Crippen molar-refractivity contribution in [3.05, 3.63) is 58.6 Å². The lowest BCUT2D eigenvalue weighted by Gasteiger charge is -2.29. The molecule has 0 atom stereocenters. The topological polar surface area (TPSA) is 66.5 Å². The third kappa shape index (κ3) is 6.11. The third-order valence-electron chi connectivity index (χ3n) is 4.55. The summed E-state index contributed by atoms with van der Waals surface area (Å²) in [4.78, 5) is 12.8. The van der Waals surface area contributed by atoms with Gasteiger partial charge in [-0.2, -0.15) is 0 Å². The number of sulfonamides is 1. The SMILES string of the molecule is CC(C)C(NC(=O)CN(c1cccc(Cl)c1)S(=O)(=O)c1ccc(Cl)cc1)C(C)C. The van der Waals surface area contributed by atoms with Crippen molar-refractivity contribution >= 4 is 44.8 Å². The highest BCUT2D eigenvalue weighted by molar-refractivity contribution is 7.92. The van der Waals surface area contributed by atoms with Gasteiger partial charge in [-0.1, -0.05) is 57.0 Å². The Labute approximate surface area is 183 Å². The molecule has 1 amide bonds. The zero-order valence-electron chi connectivity index (χ0n) is 16.9. The van der Waals surface area contributed by atoms with Crippen LogP contribution in [-0.4, -0.2) is 26.9 Å². The first-order chi connectivity index (χ1) is 13.5. The lowest BCUT2D eigenvalue weighted by atomic mass is 9.93. The van der Waals surface area contributed by atoms with Gasteiger partial charge in [0.15, 0.2) is 0 Å². The Kier molecular flexibility index (Phi) is 7.97. The quantitative estimate of drug-likeness (QED) is 0.608. The van der Waals surface area contributed by atoms with Crippen LogP contribution in [0.3, 0.4) is 0 Å². The van der Waals surface area contributed by atoms with Crippen LogP contribution in [0.1, 0.15) is 27.7 Å². The fraction of sp³-hybridized carbons (Fsp3) is 0.381. The Bertz CT molecular complexity index is 937. The molecule has 0 bridgehead atoms. The van der Waals surface area contributed by atoms with E-state index in [0.717, 1.165) is 4.31 Å². The molecule has 158 valence electrons. The summed E-state index contributed by atoms with van der Waals surface area (Å²) in [7, 11) is -4.00. The van der Waals surface area contributed by atoms with Crippen LogP contribution in [0.5, 0.6) is 0 Å². The van der Waals surface area contributed by atoms with Gasteiger partial charge in [0.2, 0.25) is 5.91 Å². The van der Waals surface area contributed by atoms with E-state index in [1.807, 2.05) is 27.7 Å². The summed E-state index contributed by atoms with van der Waals surface area (Å²) in [5.74, 6) is 0.0489. The number of nitrogens with one attached hydrogen (secondary N) is 1. The molecule has 0 unspecified atom stereocenters. The summed E-state index contributed by atoms with van der Waals surface area (Å²) >= 11 is 12.0. The van der Waals surface area contributed by atoms with Crippen molar-refractivity contribution in [3.63, 3.8) is 0 Å². The highest BCUT2D eigenvalue weighted by atomic mass is 35.5. The van der Waals surface area contributed by atoms with Crippen molar-refractivity contribution in [2.45, 2.75) is 38.6 Å². The molecule has 29 heavy (non-hydrogen) atoms. The van der Waals surface area contributed by atoms with Crippen molar-refractivity contribution in [2.24, 2.45) is 11.8 Å². The molecular weight excluding hydrogens is 431 g/mol. The number of carbonyl (C=O) groups excluding carboxylic acids is 1. The molecule has 2 aromatic carbocycles. The average molecular weight is 457 g/mol. The number of anilines is 1. The van der Waals surface area contributed by atoms with Crippen LogP contribution in [0.15, 0.2) is 53.4 Å². The van der Waals surface area contributed by atoms with E-state index in [4.69, 9.17) is 23.2 Å². The molecule has 0 spiro atoms. The molecule has 0 fully saturated rings. The molecule has 0 aliphatic carbocycles. The summed E-state index contributed by atoms with van der Waals surface area (Å²) in [5, 5.41) is 3.76. The van der Waals surface area contributed by atoms with Crippen molar-refractivity contribution < 1.29 is 13.2 Å². The number of halogens is 2. The minimum atomic E-state index is -4.00. The first-order valence-electron chi connectivity index (χ1n) is 9.35. The van der Waals surface area contributed by atoms with Gasteiger partial charge in [-0.05, 0) is 54.3 Å². The summed E-state index contributed by atoms with van der Waals surface area (Å²) in [6.45, 7) is 7.71. The van der Waals surface area contributed by atoms with Gasteiger partial charge >= 0.3 is 0 Å². The van der Waals surface area contributed by atoms with E-state index in [1.54, 1.807) is 18.2 Å². The van der Waals surface area contributed by atoms with Gasteiger partial charge in [0.25, 0.3) is 10.0 Å². The van der Waals surface area contributed by atoms with Crippen molar-refractivity contribution in [1.82, 2.24) is 5.32 Å². The lowest BCUT2D eigenvalue weighted by Crippen LogP contribution is -2.47. The Morgan fingerprint density at radius 1 is 0.966 bits per heavy atom. The van der Waals surface area contributed by atoms with E-state index in [9.17, 15) is 13.2 Å². The fourth-order valence-corrected chi connectivity index (χ4v) is 4.87. The standard InChI is InChI=1S/C21H26Cl2N2O3S/c1-14(2)21(15(3)4)24-20(26)13-25(18-7-5-6-17(23)12-18)29(27,28)19-10-8-16(22)9-11-19/h5-12,14-15,21H,13H2,1-4H3,(H,24,26). The smallest absolute Gasteiger partial charge is 0.264 e. The zero-order valence-corrected chi connectivity index (χ0v) is 19.2. The van der Waals surface area contributed by atoms with E-state index < -0.39 is 10.0 Å². The summed E-state index contributed by atoms with van der Waals surface area (Å²) in [6, 6.07) is 12.2. The van der Waals surface area contributed by atoms with Crippen LogP contribution < -0.4 is 9.62 Å². The number of rotatable bonds is 8. The Morgan fingerprint density at radius 3 is 2.07 bits per heavy atom. The van der Waals surface area contributed by atoms with Gasteiger partial charge in [0.05, 0.1) is 10.6 Å². The highest BCUT2D eigenvalue weighted by Gasteiger charge is 2.29. The summed E-state index contributed by atoms with van der Waals surface area (Å²) in [6.07, 6.45) is 0. The minimum Gasteiger partial charge on any atom is -0.351 e. The predicted octanol–water partition coefficient (Wildman–Crippen LogP) is 4.99. The van der Waals surface area contributed by atoms with E-state index in [0.29, 0.717) is 15.7 Å². The maximum atomic E-state index is 13.3. The monoisotopic (exact) mass is 456 g/mol.